The molecule has 3 N–H and O–H groups in total. The average molecular weight is 383 g/mol. The lowest BCUT2D eigenvalue weighted by molar-refractivity contribution is 0.0107. The first kappa shape index (κ1) is 16.4. The second-order valence-electron chi connectivity index (χ2n) is 6.93. The molecular formula is C16H23BrN4O2. The molecule has 0 radical (unpaired) electrons. The first-order valence-electron chi connectivity index (χ1n) is 7.82. The second kappa shape index (κ2) is 5.87. The number of piperazine rings is 1. The fraction of sp³-hybridized carbons (Fsp3) is 0.562. The number of hydrogen-bond donors (Lipinski definition) is 3. The molecule has 3 rings (SSSR count). The van der Waals surface area contributed by atoms with E-state index in [1.54, 1.807) is 0 Å². The average Bonchev–Trinajstić information content (AvgIpc) is 2.96. The molecule has 0 aromatic rings. The SMILES string of the molecule is CC(C)(C)OC(=O)N1CCNCC1C1(Br)C=CC=C2NNC=C21. The molecule has 126 valence electrons. The molecule has 3 aliphatic rings. The topological polar surface area (TPSA) is 65.6 Å². The Morgan fingerprint density at radius 1 is 1.48 bits per heavy atom. The Kier molecular flexibility index (Phi) is 4.18. The minimum Gasteiger partial charge on any atom is -0.444 e. The highest BCUT2D eigenvalue weighted by Crippen LogP contribution is 2.42. The number of hydrazine groups is 1. The van der Waals surface area contributed by atoms with Crippen LogP contribution in [-0.2, 0) is 4.74 Å². The van der Waals surface area contributed by atoms with Gasteiger partial charge in [0.05, 0.1) is 16.1 Å². The van der Waals surface area contributed by atoms with E-state index in [0.29, 0.717) is 13.1 Å². The zero-order chi connectivity index (χ0) is 16.7. The summed E-state index contributed by atoms with van der Waals surface area (Å²) in [6.45, 7) is 7.75. The van der Waals surface area contributed by atoms with Crippen LogP contribution in [0.15, 0.2) is 35.7 Å². The van der Waals surface area contributed by atoms with Crippen molar-refractivity contribution in [1.82, 2.24) is 21.1 Å². The molecule has 1 amide bonds. The Bertz CT molecular complexity index is 593. The van der Waals surface area contributed by atoms with Crippen molar-refractivity contribution in [2.75, 3.05) is 19.6 Å². The number of carbonyl (C=O) groups excluding carboxylic acids is 1. The van der Waals surface area contributed by atoms with Crippen molar-refractivity contribution in [2.24, 2.45) is 0 Å². The van der Waals surface area contributed by atoms with Gasteiger partial charge in [0, 0.05) is 31.4 Å². The number of rotatable bonds is 1. The Labute approximate surface area is 145 Å². The van der Waals surface area contributed by atoms with Gasteiger partial charge in [-0.05, 0) is 26.8 Å². The highest BCUT2D eigenvalue weighted by molar-refractivity contribution is 9.10. The molecule has 2 unspecified atom stereocenters. The maximum atomic E-state index is 12.7. The first-order chi connectivity index (χ1) is 10.8. The number of nitrogens with zero attached hydrogens (tertiary/aromatic N) is 1. The van der Waals surface area contributed by atoms with Crippen molar-refractivity contribution in [2.45, 2.75) is 36.7 Å². The highest BCUT2D eigenvalue weighted by Gasteiger charge is 2.47. The molecule has 0 saturated carbocycles. The van der Waals surface area contributed by atoms with Crippen LogP contribution in [0.25, 0.3) is 0 Å². The van der Waals surface area contributed by atoms with Gasteiger partial charge in [-0.25, -0.2) is 4.79 Å². The standard InChI is InChI=1S/C16H23BrN4O2/c1-15(2,3)23-14(22)21-8-7-18-10-13(21)16(17)6-4-5-12-11(16)9-19-20-12/h4-6,9,13,18-20H,7-8,10H2,1-3H3. The fourth-order valence-electron chi connectivity index (χ4n) is 3.06. The van der Waals surface area contributed by atoms with E-state index in [1.165, 1.54) is 0 Å². The van der Waals surface area contributed by atoms with Crippen LogP contribution in [0.4, 0.5) is 4.79 Å². The molecule has 1 saturated heterocycles. The highest BCUT2D eigenvalue weighted by atomic mass is 79.9. The van der Waals surface area contributed by atoms with Crippen LogP contribution < -0.4 is 16.2 Å². The summed E-state index contributed by atoms with van der Waals surface area (Å²) in [6.07, 6.45) is 7.77. The van der Waals surface area contributed by atoms with Gasteiger partial charge in [0.25, 0.3) is 0 Å². The number of amides is 1. The van der Waals surface area contributed by atoms with Gasteiger partial charge in [-0.2, -0.15) is 0 Å². The molecule has 2 heterocycles. The summed E-state index contributed by atoms with van der Waals surface area (Å²) >= 11 is 3.89. The molecule has 1 aliphatic carbocycles. The van der Waals surface area contributed by atoms with Gasteiger partial charge in [-0.3, -0.25) is 0 Å². The van der Waals surface area contributed by atoms with E-state index in [4.69, 9.17) is 4.74 Å². The van der Waals surface area contributed by atoms with Crippen LogP contribution in [0, 0.1) is 0 Å². The Balaban J connectivity index is 1.88. The molecule has 1 fully saturated rings. The van der Waals surface area contributed by atoms with E-state index in [1.807, 2.05) is 44.0 Å². The lowest BCUT2D eigenvalue weighted by Gasteiger charge is -2.45. The maximum Gasteiger partial charge on any atom is 0.410 e. The summed E-state index contributed by atoms with van der Waals surface area (Å²) in [7, 11) is 0. The van der Waals surface area contributed by atoms with Gasteiger partial charge < -0.3 is 25.8 Å². The zero-order valence-electron chi connectivity index (χ0n) is 13.6. The lowest BCUT2D eigenvalue weighted by Crippen LogP contribution is -2.62. The van der Waals surface area contributed by atoms with Crippen LogP contribution >= 0.6 is 15.9 Å². The molecule has 0 spiro atoms. The quantitative estimate of drug-likeness (QED) is 0.603. The second-order valence-corrected chi connectivity index (χ2v) is 8.24. The summed E-state index contributed by atoms with van der Waals surface area (Å²) < 4.78 is 5.14. The fourth-order valence-corrected chi connectivity index (χ4v) is 3.95. The maximum absolute atomic E-state index is 12.7. The lowest BCUT2D eigenvalue weighted by atomic mass is 9.85. The van der Waals surface area contributed by atoms with E-state index in [0.717, 1.165) is 17.8 Å². The van der Waals surface area contributed by atoms with Gasteiger partial charge in [-0.1, -0.05) is 28.1 Å². The summed E-state index contributed by atoms with van der Waals surface area (Å²) in [6, 6.07) is -0.0843. The molecule has 0 bridgehead atoms. The number of ether oxygens (including phenoxy) is 1. The Hall–Kier alpha value is -1.47. The van der Waals surface area contributed by atoms with Crippen LogP contribution in [0.3, 0.4) is 0 Å². The van der Waals surface area contributed by atoms with E-state index in [2.05, 4.69) is 38.2 Å². The molecule has 0 aromatic heterocycles. The molecule has 6 nitrogen and oxygen atoms in total. The van der Waals surface area contributed by atoms with Gasteiger partial charge >= 0.3 is 6.09 Å². The van der Waals surface area contributed by atoms with Crippen molar-refractivity contribution in [3.8, 4) is 0 Å². The Morgan fingerprint density at radius 2 is 2.26 bits per heavy atom. The third kappa shape index (κ3) is 3.12. The number of nitrogens with one attached hydrogen (secondary N) is 3. The molecule has 2 aliphatic heterocycles. The van der Waals surface area contributed by atoms with Gasteiger partial charge in [0.2, 0.25) is 0 Å². The number of halogens is 1. The number of alkyl halides is 1. The van der Waals surface area contributed by atoms with Crippen molar-refractivity contribution in [1.29, 1.82) is 0 Å². The first-order valence-corrected chi connectivity index (χ1v) is 8.62. The van der Waals surface area contributed by atoms with Crippen molar-refractivity contribution in [3.63, 3.8) is 0 Å². The van der Waals surface area contributed by atoms with Crippen LogP contribution in [0.2, 0.25) is 0 Å². The number of allylic oxidation sites excluding steroid dienone is 3. The predicted molar refractivity (Wildman–Crippen MR) is 92.8 cm³/mol. The molecule has 7 heteroatoms. The summed E-state index contributed by atoms with van der Waals surface area (Å²) in [5.74, 6) is 0. The summed E-state index contributed by atoms with van der Waals surface area (Å²) in [4.78, 5) is 14.5. The number of hydrogen-bond acceptors (Lipinski definition) is 5. The van der Waals surface area contributed by atoms with Crippen LogP contribution in [0.5, 0.6) is 0 Å². The minimum absolute atomic E-state index is 0.0843. The summed E-state index contributed by atoms with van der Waals surface area (Å²) in [5.41, 5.74) is 7.75. The number of carbonyl (C=O) groups is 1. The van der Waals surface area contributed by atoms with Crippen LogP contribution in [-0.4, -0.2) is 46.6 Å². The van der Waals surface area contributed by atoms with E-state index in [9.17, 15) is 4.79 Å². The Morgan fingerprint density at radius 3 is 3.00 bits per heavy atom. The van der Waals surface area contributed by atoms with Gasteiger partial charge in [-0.15, -0.1) is 0 Å². The van der Waals surface area contributed by atoms with Crippen molar-refractivity contribution < 1.29 is 9.53 Å². The normalized spacial score (nSPS) is 29.9. The van der Waals surface area contributed by atoms with E-state index >= 15 is 0 Å². The summed E-state index contributed by atoms with van der Waals surface area (Å²) in [5, 5.41) is 3.38. The van der Waals surface area contributed by atoms with Crippen LogP contribution in [0.1, 0.15) is 20.8 Å². The van der Waals surface area contributed by atoms with Crippen molar-refractivity contribution in [3.05, 3.63) is 35.7 Å². The smallest absolute Gasteiger partial charge is 0.410 e. The van der Waals surface area contributed by atoms with E-state index in [-0.39, 0.29) is 12.1 Å². The molecule has 2 atom stereocenters. The molecule has 0 aromatic carbocycles. The van der Waals surface area contributed by atoms with E-state index < -0.39 is 9.93 Å². The van der Waals surface area contributed by atoms with Gasteiger partial charge in [0.15, 0.2) is 0 Å². The largest absolute Gasteiger partial charge is 0.444 e. The van der Waals surface area contributed by atoms with Crippen molar-refractivity contribution >= 4 is 22.0 Å². The number of fused-ring (bicyclic) bond motifs is 1. The van der Waals surface area contributed by atoms with Gasteiger partial charge in [0.1, 0.15) is 5.60 Å². The monoisotopic (exact) mass is 382 g/mol. The zero-order valence-corrected chi connectivity index (χ0v) is 15.2. The third-order valence-electron chi connectivity index (χ3n) is 4.08. The molecular weight excluding hydrogens is 360 g/mol. The predicted octanol–water partition coefficient (Wildman–Crippen LogP) is 1.77. The minimum atomic E-state index is -0.505. The molecule has 23 heavy (non-hydrogen) atoms. The third-order valence-corrected chi connectivity index (χ3v) is 5.30.